The minimum atomic E-state index is -2.88. The second-order valence-electron chi connectivity index (χ2n) is 5.72. The fourth-order valence-corrected chi connectivity index (χ4v) is 4.85. The lowest BCUT2D eigenvalue weighted by Gasteiger charge is -2.30. The van der Waals surface area contributed by atoms with Gasteiger partial charge in [0.2, 0.25) is 0 Å². The number of nitrogens with one attached hydrogen (secondary N) is 1. The minimum Gasteiger partial charge on any atom is -0.362 e. The molecule has 0 aromatic heterocycles. The van der Waals surface area contributed by atoms with E-state index in [-0.39, 0.29) is 17.5 Å². The van der Waals surface area contributed by atoms with Gasteiger partial charge in [0.25, 0.3) is 0 Å². The van der Waals surface area contributed by atoms with Gasteiger partial charge in [0.1, 0.15) is 0 Å². The second kappa shape index (κ2) is 7.92. The third kappa shape index (κ3) is 4.95. The van der Waals surface area contributed by atoms with Crippen molar-refractivity contribution in [1.29, 1.82) is 0 Å². The lowest BCUT2D eigenvalue weighted by Crippen LogP contribution is -2.47. The van der Waals surface area contributed by atoms with E-state index in [2.05, 4.69) is 29.3 Å². The highest BCUT2D eigenvalue weighted by Gasteiger charge is 2.32. The fourth-order valence-electron chi connectivity index (χ4n) is 2.77. The van der Waals surface area contributed by atoms with E-state index in [1.165, 1.54) is 5.56 Å². The molecule has 0 amide bonds. The van der Waals surface area contributed by atoms with Crippen molar-refractivity contribution in [2.45, 2.75) is 32.2 Å². The Morgan fingerprint density at radius 2 is 2.09 bits per heavy atom. The maximum atomic E-state index is 11.7. The maximum Gasteiger partial charge on any atom is 0.169 e. The Kier molecular flexibility index (Phi) is 6.20. The van der Waals surface area contributed by atoms with Crippen LogP contribution in [0.3, 0.4) is 0 Å². The zero-order valence-electron chi connectivity index (χ0n) is 13.0. The number of hydrogen-bond donors (Lipinski definition) is 1. The summed E-state index contributed by atoms with van der Waals surface area (Å²) in [7, 11) is -2.88. The molecule has 0 bridgehead atoms. The number of sulfone groups is 1. The Labute approximate surface area is 138 Å². The smallest absolute Gasteiger partial charge is 0.169 e. The van der Waals surface area contributed by atoms with Gasteiger partial charge in [-0.1, -0.05) is 37.3 Å². The molecule has 1 aromatic carbocycles. The van der Waals surface area contributed by atoms with Gasteiger partial charge in [0.15, 0.2) is 14.9 Å². The first-order chi connectivity index (χ1) is 10.5. The molecule has 0 unspecified atom stereocenters. The van der Waals surface area contributed by atoms with Crippen molar-refractivity contribution < 1.29 is 8.42 Å². The molecule has 1 saturated heterocycles. The molecule has 1 fully saturated rings. The summed E-state index contributed by atoms with van der Waals surface area (Å²) in [5.41, 5.74) is 1.27. The van der Waals surface area contributed by atoms with Crippen LogP contribution in [-0.2, 0) is 16.3 Å². The summed E-state index contributed by atoms with van der Waals surface area (Å²) in [6, 6.07) is 10.3. The molecule has 1 heterocycles. The van der Waals surface area contributed by atoms with Crippen LogP contribution >= 0.6 is 12.2 Å². The standard InChI is InChI=1S/C16H24N2O2S2/c1-2-11-18(15-9-12-22(19,20)13-15)16(21)17-10-8-14-6-4-3-5-7-14/h3-7,15H,2,8-13H2,1H3,(H,17,21)/t15-/m0/s1. The molecule has 0 radical (unpaired) electrons. The van der Waals surface area contributed by atoms with Crippen LogP contribution in [0.1, 0.15) is 25.3 Å². The largest absolute Gasteiger partial charge is 0.362 e. The van der Waals surface area contributed by atoms with Crippen molar-refractivity contribution in [3.05, 3.63) is 35.9 Å². The molecule has 1 aliphatic rings. The van der Waals surface area contributed by atoms with Crippen LogP contribution in [0.15, 0.2) is 30.3 Å². The topological polar surface area (TPSA) is 49.4 Å². The first-order valence-electron chi connectivity index (χ1n) is 7.80. The molecule has 4 nitrogen and oxygen atoms in total. The quantitative estimate of drug-likeness (QED) is 0.803. The van der Waals surface area contributed by atoms with Crippen LogP contribution < -0.4 is 5.32 Å². The van der Waals surface area contributed by atoms with Gasteiger partial charge in [-0.3, -0.25) is 0 Å². The first-order valence-corrected chi connectivity index (χ1v) is 10.0. The lowest BCUT2D eigenvalue weighted by molar-refractivity contribution is 0.330. The predicted molar refractivity (Wildman–Crippen MR) is 94.8 cm³/mol. The Hall–Kier alpha value is -1.14. The Bertz CT molecular complexity index is 587. The zero-order chi connectivity index (χ0) is 16.0. The van der Waals surface area contributed by atoms with E-state index in [1.807, 2.05) is 18.2 Å². The molecule has 0 aliphatic carbocycles. The van der Waals surface area contributed by atoms with E-state index < -0.39 is 9.84 Å². The van der Waals surface area contributed by atoms with Crippen LogP contribution in [0, 0.1) is 0 Å². The molecule has 1 aromatic rings. The highest BCUT2D eigenvalue weighted by Crippen LogP contribution is 2.18. The molecule has 1 atom stereocenters. The van der Waals surface area contributed by atoms with Crippen molar-refractivity contribution >= 4 is 27.2 Å². The molecule has 22 heavy (non-hydrogen) atoms. The van der Waals surface area contributed by atoms with E-state index in [9.17, 15) is 8.42 Å². The molecule has 1 N–H and O–H groups in total. The van der Waals surface area contributed by atoms with Crippen molar-refractivity contribution in [1.82, 2.24) is 10.2 Å². The van der Waals surface area contributed by atoms with Gasteiger partial charge in [-0.05, 0) is 37.0 Å². The number of benzene rings is 1. The first kappa shape index (κ1) is 17.2. The summed E-state index contributed by atoms with van der Waals surface area (Å²) < 4.78 is 23.4. The number of nitrogens with zero attached hydrogens (tertiary/aromatic N) is 1. The van der Waals surface area contributed by atoms with Crippen LogP contribution in [0.2, 0.25) is 0 Å². The number of hydrogen-bond acceptors (Lipinski definition) is 3. The van der Waals surface area contributed by atoms with Crippen LogP contribution in [0.4, 0.5) is 0 Å². The van der Waals surface area contributed by atoms with E-state index in [0.717, 1.165) is 25.9 Å². The average molecular weight is 341 g/mol. The van der Waals surface area contributed by atoms with Crippen molar-refractivity contribution in [3.8, 4) is 0 Å². The molecular formula is C16H24N2O2S2. The molecule has 0 saturated carbocycles. The summed E-state index contributed by atoms with van der Waals surface area (Å²) in [6.07, 6.45) is 2.55. The van der Waals surface area contributed by atoms with Gasteiger partial charge in [0, 0.05) is 19.1 Å². The maximum absolute atomic E-state index is 11.7. The normalized spacial score (nSPS) is 19.8. The second-order valence-corrected chi connectivity index (χ2v) is 8.33. The molecule has 6 heteroatoms. The molecule has 122 valence electrons. The zero-order valence-corrected chi connectivity index (χ0v) is 14.6. The highest BCUT2D eigenvalue weighted by molar-refractivity contribution is 7.91. The highest BCUT2D eigenvalue weighted by atomic mass is 32.2. The summed E-state index contributed by atoms with van der Waals surface area (Å²) in [4.78, 5) is 2.06. The summed E-state index contributed by atoms with van der Waals surface area (Å²) in [5.74, 6) is 0.512. The lowest BCUT2D eigenvalue weighted by atomic mass is 10.1. The Morgan fingerprint density at radius 3 is 2.68 bits per heavy atom. The van der Waals surface area contributed by atoms with Gasteiger partial charge in [-0.2, -0.15) is 0 Å². The van der Waals surface area contributed by atoms with Crippen molar-refractivity contribution in [2.24, 2.45) is 0 Å². The van der Waals surface area contributed by atoms with Crippen molar-refractivity contribution in [3.63, 3.8) is 0 Å². The van der Waals surface area contributed by atoms with E-state index in [0.29, 0.717) is 11.5 Å². The Balaban J connectivity index is 1.87. The van der Waals surface area contributed by atoms with Gasteiger partial charge in [-0.25, -0.2) is 8.42 Å². The van der Waals surface area contributed by atoms with E-state index in [1.54, 1.807) is 0 Å². The summed E-state index contributed by atoms with van der Waals surface area (Å²) >= 11 is 5.49. The van der Waals surface area contributed by atoms with E-state index >= 15 is 0 Å². The Morgan fingerprint density at radius 1 is 1.36 bits per heavy atom. The molecule has 1 aliphatic heterocycles. The van der Waals surface area contributed by atoms with Gasteiger partial charge in [-0.15, -0.1) is 0 Å². The monoisotopic (exact) mass is 340 g/mol. The van der Waals surface area contributed by atoms with Gasteiger partial charge < -0.3 is 10.2 Å². The molecule has 0 spiro atoms. The number of thiocarbonyl (C=S) groups is 1. The van der Waals surface area contributed by atoms with Crippen LogP contribution in [0.25, 0.3) is 0 Å². The SMILES string of the molecule is CCCN(C(=S)NCCc1ccccc1)[C@H]1CCS(=O)(=O)C1. The van der Waals surface area contributed by atoms with Gasteiger partial charge in [0.05, 0.1) is 11.5 Å². The van der Waals surface area contributed by atoms with Crippen molar-refractivity contribution in [2.75, 3.05) is 24.6 Å². The van der Waals surface area contributed by atoms with Crippen LogP contribution in [0.5, 0.6) is 0 Å². The average Bonchev–Trinajstić information content (AvgIpc) is 2.85. The third-order valence-corrected chi connectivity index (χ3v) is 6.04. The van der Waals surface area contributed by atoms with E-state index in [4.69, 9.17) is 12.2 Å². The summed E-state index contributed by atoms with van der Waals surface area (Å²) in [6.45, 7) is 3.66. The number of rotatable bonds is 6. The third-order valence-electron chi connectivity index (χ3n) is 3.91. The minimum absolute atomic E-state index is 0.0293. The fraction of sp³-hybridized carbons (Fsp3) is 0.562. The van der Waals surface area contributed by atoms with Crippen LogP contribution in [-0.4, -0.2) is 49.1 Å². The molecule has 2 rings (SSSR count). The molecular weight excluding hydrogens is 316 g/mol. The van der Waals surface area contributed by atoms with Gasteiger partial charge >= 0.3 is 0 Å². The summed E-state index contributed by atoms with van der Waals surface area (Å²) in [5, 5.41) is 3.96. The predicted octanol–water partition coefficient (Wildman–Crippen LogP) is 2.00.